The van der Waals surface area contributed by atoms with E-state index < -0.39 is 5.97 Å². The average molecular weight is 266 g/mol. The second-order valence-electron chi connectivity index (χ2n) is 4.48. The Morgan fingerprint density at radius 1 is 1.47 bits per heavy atom. The van der Waals surface area contributed by atoms with E-state index >= 15 is 0 Å². The first kappa shape index (κ1) is 14.9. The smallest absolute Gasteiger partial charge is 0.358 e. The number of ether oxygens (including phenoxy) is 1. The van der Waals surface area contributed by atoms with Crippen LogP contribution in [-0.2, 0) is 4.79 Å². The first-order chi connectivity index (χ1) is 9.00. The molecule has 6 heteroatoms. The first-order valence-corrected chi connectivity index (χ1v) is 6.08. The summed E-state index contributed by atoms with van der Waals surface area (Å²) in [5, 5.41) is 11.6. The summed E-state index contributed by atoms with van der Waals surface area (Å²) >= 11 is 0. The van der Waals surface area contributed by atoms with Gasteiger partial charge < -0.3 is 15.2 Å². The third-order valence-electron chi connectivity index (χ3n) is 2.38. The van der Waals surface area contributed by atoms with Crippen LogP contribution in [0.15, 0.2) is 18.3 Å². The van der Waals surface area contributed by atoms with Crippen molar-refractivity contribution in [3.63, 3.8) is 0 Å². The number of hydrogen-bond donors (Lipinski definition) is 2. The second kappa shape index (κ2) is 7.35. The molecule has 0 unspecified atom stereocenters. The number of carboxylic acid groups (broad SMARTS) is 1. The molecule has 1 rings (SSSR count). The number of aromatic nitrogens is 1. The second-order valence-corrected chi connectivity index (χ2v) is 4.48. The lowest BCUT2D eigenvalue weighted by Crippen LogP contribution is -2.30. The summed E-state index contributed by atoms with van der Waals surface area (Å²) in [5.74, 6) is -0.858. The fraction of sp³-hybridized carbons (Fsp3) is 0.462. The van der Waals surface area contributed by atoms with Gasteiger partial charge in [0.25, 0.3) is 5.91 Å². The first-order valence-electron chi connectivity index (χ1n) is 6.08. The number of hydrogen-bond acceptors (Lipinski definition) is 4. The Balaban J connectivity index is 2.44. The third-order valence-corrected chi connectivity index (χ3v) is 2.38. The molecule has 0 saturated carbocycles. The Morgan fingerprint density at radius 2 is 2.21 bits per heavy atom. The van der Waals surface area contributed by atoms with Crippen LogP contribution in [0.1, 0.15) is 30.8 Å². The average Bonchev–Trinajstić information content (AvgIpc) is 2.36. The lowest BCUT2D eigenvalue weighted by molar-refractivity contribution is -0.123. The van der Waals surface area contributed by atoms with E-state index in [1.54, 1.807) is 6.07 Å². The minimum Gasteiger partial charge on any atom is -0.481 e. The molecule has 104 valence electrons. The zero-order valence-corrected chi connectivity index (χ0v) is 11.0. The molecule has 0 atom stereocenters. The van der Waals surface area contributed by atoms with Crippen molar-refractivity contribution in [2.75, 3.05) is 13.2 Å². The minimum absolute atomic E-state index is 0.0917. The van der Waals surface area contributed by atoms with Crippen LogP contribution in [0.25, 0.3) is 0 Å². The molecule has 0 aliphatic heterocycles. The van der Waals surface area contributed by atoms with Crippen LogP contribution in [0, 0.1) is 5.92 Å². The van der Waals surface area contributed by atoms with Crippen molar-refractivity contribution in [2.24, 2.45) is 5.92 Å². The Labute approximate surface area is 111 Å². The number of nitrogens with one attached hydrogen (secondary N) is 1. The highest BCUT2D eigenvalue weighted by Crippen LogP contribution is 2.14. The van der Waals surface area contributed by atoms with Crippen LogP contribution in [-0.4, -0.2) is 35.1 Å². The van der Waals surface area contributed by atoms with E-state index in [2.05, 4.69) is 24.1 Å². The quantitative estimate of drug-likeness (QED) is 0.777. The number of aromatic carboxylic acids is 1. The highest BCUT2D eigenvalue weighted by atomic mass is 16.5. The van der Waals surface area contributed by atoms with Crippen molar-refractivity contribution in [1.29, 1.82) is 0 Å². The maximum absolute atomic E-state index is 11.5. The fourth-order valence-electron chi connectivity index (χ4n) is 1.36. The Kier molecular flexibility index (Phi) is 5.78. The zero-order chi connectivity index (χ0) is 14.3. The van der Waals surface area contributed by atoms with Crippen LogP contribution in [0.5, 0.6) is 5.75 Å². The largest absolute Gasteiger partial charge is 0.481 e. The van der Waals surface area contributed by atoms with E-state index in [0.29, 0.717) is 12.5 Å². The number of carbonyl (C=O) groups is 2. The van der Waals surface area contributed by atoms with Crippen molar-refractivity contribution < 1.29 is 19.4 Å². The van der Waals surface area contributed by atoms with Gasteiger partial charge in [-0.3, -0.25) is 4.79 Å². The molecule has 19 heavy (non-hydrogen) atoms. The molecule has 0 saturated heterocycles. The molecular weight excluding hydrogens is 248 g/mol. The maximum Gasteiger partial charge on any atom is 0.358 e. The fourth-order valence-corrected chi connectivity index (χ4v) is 1.36. The number of pyridine rings is 1. The van der Waals surface area contributed by atoms with Crippen molar-refractivity contribution in [3.05, 3.63) is 24.0 Å². The molecule has 1 heterocycles. The standard InChI is InChI=1S/C13H18N2O4/c1-9(2)5-7-14-11(16)8-19-10-4-3-6-15-12(10)13(17)18/h3-4,6,9H,5,7-8H2,1-2H3,(H,14,16)(H,17,18). The summed E-state index contributed by atoms with van der Waals surface area (Å²) in [7, 11) is 0. The summed E-state index contributed by atoms with van der Waals surface area (Å²) in [6.07, 6.45) is 2.25. The monoisotopic (exact) mass is 266 g/mol. The molecule has 0 aliphatic rings. The summed E-state index contributed by atoms with van der Waals surface area (Å²) in [5.41, 5.74) is -0.197. The summed E-state index contributed by atoms with van der Waals surface area (Å²) in [4.78, 5) is 26.0. The van der Waals surface area contributed by atoms with Gasteiger partial charge in [0.2, 0.25) is 0 Å². The minimum atomic E-state index is -1.18. The SMILES string of the molecule is CC(C)CCNC(=O)COc1cccnc1C(=O)O. The van der Waals surface area contributed by atoms with Gasteiger partial charge in [-0.05, 0) is 24.5 Å². The Bertz CT molecular complexity index is 446. The zero-order valence-electron chi connectivity index (χ0n) is 11.0. The van der Waals surface area contributed by atoms with Crippen LogP contribution >= 0.6 is 0 Å². The Morgan fingerprint density at radius 3 is 2.84 bits per heavy atom. The Hall–Kier alpha value is -2.11. The topological polar surface area (TPSA) is 88.5 Å². The van der Waals surface area contributed by atoms with Crippen LogP contribution in [0.4, 0.5) is 0 Å². The van der Waals surface area contributed by atoms with Crippen LogP contribution < -0.4 is 10.1 Å². The predicted molar refractivity (Wildman–Crippen MR) is 69.2 cm³/mol. The van der Waals surface area contributed by atoms with Gasteiger partial charge in [0.1, 0.15) is 0 Å². The van der Waals surface area contributed by atoms with Gasteiger partial charge >= 0.3 is 5.97 Å². The number of carbonyl (C=O) groups excluding carboxylic acids is 1. The number of rotatable bonds is 7. The number of nitrogens with zero attached hydrogens (tertiary/aromatic N) is 1. The van der Waals surface area contributed by atoms with E-state index in [0.717, 1.165) is 6.42 Å². The van der Waals surface area contributed by atoms with Gasteiger partial charge in [0, 0.05) is 12.7 Å². The van der Waals surface area contributed by atoms with Crippen LogP contribution in [0.3, 0.4) is 0 Å². The van der Waals surface area contributed by atoms with E-state index in [9.17, 15) is 9.59 Å². The summed E-state index contributed by atoms with van der Waals surface area (Å²) < 4.78 is 5.16. The summed E-state index contributed by atoms with van der Waals surface area (Å²) in [6, 6.07) is 3.02. The van der Waals surface area contributed by atoms with Gasteiger partial charge in [0.05, 0.1) is 0 Å². The van der Waals surface area contributed by atoms with Gasteiger partial charge in [-0.25, -0.2) is 9.78 Å². The normalized spacial score (nSPS) is 10.3. The predicted octanol–water partition coefficient (Wildman–Crippen LogP) is 1.32. The van der Waals surface area contributed by atoms with Crippen LogP contribution in [0.2, 0.25) is 0 Å². The molecule has 0 radical (unpaired) electrons. The number of amides is 1. The molecule has 0 bridgehead atoms. The van der Waals surface area contributed by atoms with E-state index in [-0.39, 0.29) is 24.0 Å². The van der Waals surface area contributed by atoms with Gasteiger partial charge in [-0.2, -0.15) is 0 Å². The lowest BCUT2D eigenvalue weighted by Gasteiger charge is -2.09. The van der Waals surface area contributed by atoms with Crippen molar-refractivity contribution in [1.82, 2.24) is 10.3 Å². The molecule has 1 aromatic rings. The molecular formula is C13H18N2O4. The molecule has 0 aliphatic carbocycles. The molecule has 1 amide bonds. The van der Waals surface area contributed by atoms with Gasteiger partial charge in [-0.1, -0.05) is 13.8 Å². The molecule has 0 aromatic carbocycles. The van der Waals surface area contributed by atoms with Gasteiger partial charge in [0.15, 0.2) is 18.1 Å². The van der Waals surface area contributed by atoms with Crippen molar-refractivity contribution in [2.45, 2.75) is 20.3 Å². The molecule has 0 spiro atoms. The van der Waals surface area contributed by atoms with E-state index in [1.165, 1.54) is 12.3 Å². The van der Waals surface area contributed by atoms with Crippen molar-refractivity contribution in [3.8, 4) is 5.75 Å². The maximum atomic E-state index is 11.5. The molecule has 0 fully saturated rings. The highest BCUT2D eigenvalue weighted by molar-refractivity contribution is 5.88. The molecule has 2 N–H and O–H groups in total. The van der Waals surface area contributed by atoms with E-state index in [1.807, 2.05) is 0 Å². The number of carboxylic acids is 1. The van der Waals surface area contributed by atoms with Crippen molar-refractivity contribution >= 4 is 11.9 Å². The third kappa shape index (κ3) is 5.37. The molecule has 1 aromatic heterocycles. The summed E-state index contributed by atoms with van der Waals surface area (Å²) in [6.45, 7) is 4.50. The van der Waals surface area contributed by atoms with Gasteiger partial charge in [-0.15, -0.1) is 0 Å². The lowest BCUT2D eigenvalue weighted by atomic mass is 10.1. The molecule has 6 nitrogen and oxygen atoms in total. The highest BCUT2D eigenvalue weighted by Gasteiger charge is 2.13. The van der Waals surface area contributed by atoms with E-state index in [4.69, 9.17) is 9.84 Å².